The van der Waals surface area contributed by atoms with Gasteiger partial charge in [-0.25, -0.2) is 0 Å². The summed E-state index contributed by atoms with van der Waals surface area (Å²) in [6, 6.07) is 0. The molecule has 6 heteroatoms. The van der Waals surface area contributed by atoms with E-state index in [0.717, 1.165) is 116 Å². The molecule has 368 valence electrons. The molecule has 0 N–H and O–H groups in total. The lowest BCUT2D eigenvalue weighted by atomic mass is 10.1. The molecule has 0 spiro atoms. The van der Waals surface area contributed by atoms with Gasteiger partial charge < -0.3 is 14.2 Å². The van der Waals surface area contributed by atoms with Crippen molar-refractivity contribution in [1.82, 2.24) is 0 Å². The van der Waals surface area contributed by atoms with E-state index < -0.39 is 6.10 Å². The normalized spacial score (nSPS) is 13.0. The number of hydrogen-bond donors (Lipinski definition) is 0. The Hall–Kier alpha value is -3.93. The average molecular weight is 901 g/mol. The second-order valence-electron chi connectivity index (χ2n) is 17.0. The first-order chi connectivity index (χ1) is 32.0. The number of ether oxygens (including phenoxy) is 3. The fourth-order valence-corrected chi connectivity index (χ4v) is 6.84. The van der Waals surface area contributed by atoms with E-state index in [1.165, 1.54) is 64.2 Å². The van der Waals surface area contributed by atoms with Crippen LogP contribution in [-0.2, 0) is 28.6 Å². The molecule has 0 aromatic heterocycles. The number of rotatable bonds is 46. The van der Waals surface area contributed by atoms with E-state index >= 15 is 0 Å². The van der Waals surface area contributed by atoms with E-state index in [4.69, 9.17) is 14.2 Å². The van der Waals surface area contributed by atoms with Gasteiger partial charge in [0.05, 0.1) is 0 Å². The zero-order chi connectivity index (χ0) is 47.2. The molecule has 0 bridgehead atoms. The summed E-state index contributed by atoms with van der Waals surface area (Å²) >= 11 is 0. The topological polar surface area (TPSA) is 78.9 Å². The fourth-order valence-electron chi connectivity index (χ4n) is 6.84. The highest BCUT2D eigenvalue weighted by Gasteiger charge is 2.19. The van der Waals surface area contributed by atoms with Crippen LogP contribution in [0, 0.1) is 0 Å². The summed E-state index contributed by atoms with van der Waals surface area (Å²) in [5, 5.41) is 0. The van der Waals surface area contributed by atoms with Gasteiger partial charge in [0.15, 0.2) is 6.10 Å². The lowest BCUT2D eigenvalue weighted by Crippen LogP contribution is -2.30. The predicted molar refractivity (Wildman–Crippen MR) is 279 cm³/mol. The van der Waals surface area contributed by atoms with Crippen LogP contribution in [0.25, 0.3) is 0 Å². The summed E-state index contributed by atoms with van der Waals surface area (Å²) in [6.07, 6.45) is 70.7. The van der Waals surface area contributed by atoms with Crippen molar-refractivity contribution in [3.05, 3.63) is 109 Å². The molecular formula is C59H96O6. The first-order valence-corrected chi connectivity index (χ1v) is 26.4. The van der Waals surface area contributed by atoms with E-state index in [1.807, 2.05) is 0 Å². The minimum absolute atomic E-state index is 0.107. The monoisotopic (exact) mass is 901 g/mol. The lowest BCUT2D eigenvalue weighted by Gasteiger charge is -2.18. The Labute approximate surface area is 400 Å². The van der Waals surface area contributed by atoms with Gasteiger partial charge in [0.2, 0.25) is 0 Å². The summed E-state index contributed by atoms with van der Waals surface area (Å²) in [6.45, 7) is 6.32. The minimum atomic E-state index is -0.813. The summed E-state index contributed by atoms with van der Waals surface area (Å²) in [5.74, 6) is -0.993. The minimum Gasteiger partial charge on any atom is -0.462 e. The SMILES string of the molecule is CC/C=C/C/C=C/C/C=C/C/C=C/C/C=C/CCCC(=O)OC[C@@H](COC(=O)CCCCCCCCC/C=C/CCCCCC)OC(=O)CCCCCCC/C=C/C/C=C/C/C=C/CC. The molecule has 0 aliphatic heterocycles. The number of allylic oxidation sites excluding steroid dienone is 18. The Morgan fingerprint density at radius 1 is 0.323 bits per heavy atom. The Balaban J connectivity index is 4.52. The molecule has 1 atom stereocenters. The van der Waals surface area contributed by atoms with Crippen molar-refractivity contribution < 1.29 is 28.6 Å². The summed E-state index contributed by atoms with van der Waals surface area (Å²) in [7, 11) is 0. The van der Waals surface area contributed by atoms with Crippen LogP contribution in [0.1, 0.15) is 226 Å². The third-order valence-electron chi connectivity index (χ3n) is 10.7. The molecule has 0 aliphatic carbocycles. The zero-order valence-electron chi connectivity index (χ0n) is 42.0. The van der Waals surface area contributed by atoms with Gasteiger partial charge in [-0.3, -0.25) is 14.4 Å². The highest BCUT2D eigenvalue weighted by Crippen LogP contribution is 2.13. The second kappa shape index (κ2) is 52.7. The lowest BCUT2D eigenvalue weighted by molar-refractivity contribution is -0.167. The molecule has 65 heavy (non-hydrogen) atoms. The molecular weight excluding hydrogens is 805 g/mol. The van der Waals surface area contributed by atoms with Crippen molar-refractivity contribution in [2.75, 3.05) is 13.2 Å². The standard InChI is InChI=1S/C59H96O6/c1-4-7-10-13-16-19-22-25-28-29-32-34-37-40-43-46-49-52-58(61)64-55-56(65-59(62)53-50-47-44-41-38-35-31-27-24-21-18-15-12-9-6-3)54-63-57(60)51-48-45-42-39-36-33-30-26-23-20-17-14-11-8-5-2/h7,9-10,12,16,18-21,23,25,27-28,31-32,34,40,43,56H,4-6,8,11,13-15,17,22,24,26,29-30,33,35-39,41-42,44-55H2,1-3H3/b10-7+,12-9+,19-16+,21-18+,23-20+,28-25+,31-27+,34-32+,43-40+/t56-/m1/s1. The Morgan fingerprint density at radius 3 is 1.02 bits per heavy atom. The third kappa shape index (κ3) is 50.9. The molecule has 0 aromatic rings. The highest BCUT2D eigenvalue weighted by atomic mass is 16.6. The summed E-state index contributed by atoms with van der Waals surface area (Å²) < 4.78 is 16.7. The van der Waals surface area contributed by atoms with E-state index in [0.29, 0.717) is 19.3 Å². The molecule has 0 rings (SSSR count). The zero-order valence-corrected chi connectivity index (χ0v) is 42.0. The number of carbonyl (C=O) groups excluding carboxylic acids is 3. The van der Waals surface area contributed by atoms with E-state index in [1.54, 1.807) is 0 Å². The van der Waals surface area contributed by atoms with Crippen LogP contribution in [0.5, 0.6) is 0 Å². The largest absolute Gasteiger partial charge is 0.462 e. The van der Waals surface area contributed by atoms with Crippen molar-refractivity contribution >= 4 is 17.9 Å². The van der Waals surface area contributed by atoms with E-state index in [2.05, 4.69) is 130 Å². The van der Waals surface area contributed by atoms with E-state index in [9.17, 15) is 14.4 Å². The second-order valence-corrected chi connectivity index (χ2v) is 17.0. The van der Waals surface area contributed by atoms with Gasteiger partial charge in [-0.05, 0) is 116 Å². The molecule has 0 unspecified atom stereocenters. The van der Waals surface area contributed by atoms with Crippen LogP contribution in [0.4, 0.5) is 0 Å². The van der Waals surface area contributed by atoms with Crippen molar-refractivity contribution in [3.8, 4) is 0 Å². The number of carbonyl (C=O) groups is 3. The number of esters is 3. The quantitative estimate of drug-likeness (QED) is 0.0262. The molecule has 0 aliphatic rings. The van der Waals surface area contributed by atoms with Crippen LogP contribution >= 0.6 is 0 Å². The summed E-state index contributed by atoms with van der Waals surface area (Å²) in [4.78, 5) is 38.0. The van der Waals surface area contributed by atoms with Gasteiger partial charge in [0.1, 0.15) is 13.2 Å². The maximum absolute atomic E-state index is 12.8. The van der Waals surface area contributed by atoms with E-state index in [-0.39, 0.29) is 37.5 Å². The van der Waals surface area contributed by atoms with Crippen LogP contribution in [0.3, 0.4) is 0 Å². The maximum Gasteiger partial charge on any atom is 0.306 e. The molecule has 0 radical (unpaired) electrons. The first kappa shape index (κ1) is 61.1. The molecule has 0 heterocycles. The fraction of sp³-hybridized carbons (Fsp3) is 0.644. The molecule has 0 fully saturated rings. The molecule has 6 nitrogen and oxygen atoms in total. The van der Waals surface area contributed by atoms with Crippen molar-refractivity contribution in [1.29, 1.82) is 0 Å². The maximum atomic E-state index is 12.8. The highest BCUT2D eigenvalue weighted by molar-refractivity contribution is 5.71. The molecule has 0 aromatic carbocycles. The number of unbranched alkanes of at least 4 members (excludes halogenated alkanes) is 17. The van der Waals surface area contributed by atoms with Gasteiger partial charge in [0, 0.05) is 19.3 Å². The van der Waals surface area contributed by atoms with Gasteiger partial charge in [-0.15, -0.1) is 0 Å². The Bertz CT molecular complexity index is 1360. The van der Waals surface area contributed by atoms with Crippen molar-refractivity contribution in [2.45, 2.75) is 232 Å². The van der Waals surface area contributed by atoms with Crippen LogP contribution in [-0.4, -0.2) is 37.2 Å². The molecule has 0 saturated carbocycles. The first-order valence-electron chi connectivity index (χ1n) is 26.4. The van der Waals surface area contributed by atoms with Crippen LogP contribution < -0.4 is 0 Å². The molecule has 0 saturated heterocycles. The summed E-state index contributed by atoms with van der Waals surface area (Å²) in [5.41, 5.74) is 0. The predicted octanol–water partition coefficient (Wildman–Crippen LogP) is 17.5. The Morgan fingerprint density at radius 2 is 0.615 bits per heavy atom. The smallest absolute Gasteiger partial charge is 0.306 e. The van der Waals surface area contributed by atoms with Gasteiger partial charge in [-0.2, -0.15) is 0 Å². The van der Waals surface area contributed by atoms with Crippen LogP contribution in [0.2, 0.25) is 0 Å². The van der Waals surface area contributed by atoms with Gasteiger partial charge in [-0.1, -0.05) is 201 Å². The van der Waals surface area contributed by atoms with Gasteiger partial charge in [0.25, 0.3) is 0 Å². The molecule has 0 amide bonds. The van der Waals surface area contributed by atoms with Crippen molar-refractivity contribution in [2.24, 2.45) is 0 Å². The van der Waals surface area contributed by atoms with Crippen molar-refractivity contribution in [3.63, 3.8) is 0 Å². The average Bonchev–Trinajstić information content (AvgIpc) is 3.30. The van der Waals surface area contributed by atoms with Crippen LogP contribution in [0.15, 0.2) is 109 Å². The number of hydrogen-bond acceptors (Lipinski definition) is 6. The Kier molecular flexibility index (Phi) is 49.5. The van der Waals surface area contributed by atoms with Gasteiger partial charge >= 0.3 is 17.9 Å². The third-order valence-corrected chi connectivity index (χ3v) is 10.7.